The average Bonchev–Trinajstić information content (AvgIpc) is 2.02. The van der Waals surface area contributed by atoms with Gasteiger partial charge < -0.3 is 5.32 Å². The van der Waals surface area contributed by atoms with E-state index in [1.165, 1.54) is 0 Å². The normalized spacial score (nSPS) is 28.1. The molecule has 0 spiro atoms. The van der Waals surface area contributed by atoms with Crippen molar-refractivity contribution in [2.45, 2.75) is 46.1 Å². The van der Waals surface area contributed by atoms with E-state index < -0.39 is 0 Å². The Morgan fingerprint density at radius 2 is 2.15 bits per heavy atom. The Bertz CT molecular complexity index is 214. The van der Waals surface area contributed by atoms with Gasteiger partial charge >= 0.3 is 0 Å². The van der Waals surface area contributed by atoms with Crippen molar-refractivity contribution in [2.75, 3.05) is 0 Å². The molecule has 1 aliphatic carbocycles. The summed E-state index contributed by atoms with van der Waals surface area (Å²) < 4.78 is 0. The fraction of sp³-hybridized carbons (Fsp3) is 0.727. The van der Waals surface area contributed by atoms with Crippen LogP contribution in [0.5, 0.6) is 0 Å². The lowest BCUT2D eigenvalue weighted by atomic mass is 9.82. The molecule has 74 valence electrons. The quantitative estimate of drug-likeness (QED) is 0.665. The van der Waals surface area contributed by atoms with E-state index in [0.717, 1.165) is 30.8 Å². The van der Waals surface area contributed by atoms with Crippen molar-refractivity contribution in [3.8, 4) is 0 Å². The van der Waals surface area contributed by atoms with Crippen LogP contribution in [0.25, 0.3) is 0 Å². The van der Waals surface area contributed by atoms with Crippen LogP contribution >= 0.6 is 0 Å². The van der Waals surface area contributed by atoms with E-state index in [1.54, 1.807) is 0 Å². The van der Waals surface area contributed by atoms with E-state index in [-0.39, 0.29) is 5.91 Å². The van der Waals surface area contributed by atoms with Gasteiger partial charge in [-0.15, -0.1) is 0 Å². The first-order valence-corrected chi connectivity index (χ1v) is 5.11. The highest BCUT2D eigenvalue weighted by Gasteiger charge is 2.26. The van der Waals surface area contributed by atoms with Gasteiger partial charge in [-0.05, 0) is 32.1 Å². The fourth-order valence-electron chi connectivity index (χ4n) is 1.72. The molecule has 0 aromatic carbocycles. The molecule has 13 heavy (non-hydrogen) atoms. The molecule has 0 unspecified atom stereocenters. The van der Waals surface area contributed by atoms with E-state index in [4.69, 9.17) is 0 Å². The van der Waals surface area contributed by atoms with Crippen LogP contribution in [0.1, 0.15) is 40.0 Å². The summed E-state index contributed by atoms with van der Waals surface area (Å²) in [6.45, 7) is 6.14. The SMILES string of the molecule is CC/C=C(/C)C(=O)NC1CC(C)C1. The molecule has 0 bridgehead atoms. The van der Waals surface area contributed by atoms with Crippen LogP contribution < -0.4 is 5.32 Å². The molecule has 0 radical (unpaired) electrons. The Kier molecular flexibility index (Phi) is 3.52. The first kappa shape index (κ1) is 10.3. The van der Waals surface area contributed by atoms with Crippen molar-refractivity contribution in [2.24, 2.45) is 5.92 Å². The highest BCUT2D eigenvalue weighted by atomic mass is 16.1. The summed E-state index contributed by atoms with van der Waals surface area (Å²) in [5.74, 6) is 0.902. The number of allylic oxidation sites excluding steroid dienone is 1. The van der Waals surface area contributed by atoms with Crippen LogP contribution in [-0.4, -0.2) is 11.9 Å². The summed E-state index contributed by atoms with van der Waals surface area (Å²) in [5.41, 5.74) is 0.849. The Hall–Kier alpha value is -0.790. The minimum Gasteiger partial charge on any atom is -0.350 e. The van der Waals surface area contributed by atoms with Crippen LogP contribution in [-0.2, 0) is 4.79 Å². The molecular weight excluding hydrogens is 162 g/mol. The molecule has 1 amide bonds. The number of nitrogens with one attached hydrogen (secondary N) is 1. The van der Waals surface area contributed by atoms with Gasteiger partial charge in [0, 0.05) is 11.6 Å². The maximum absolute atomic E-state index is 11.5. The van der Waals surface area contributed by atoms with Gasteiger partial charge in [0.25, 0.3) is 0 Å². The number of carbonyl (C=O) groups is 1. The molecule has 0 heterocycles. The van der Waals surface area contributed by atoms with Gasteiger partial charge in [0.15, 0.2) is 0 Å². The Balaban J connectivity index is 2.29. The van der Waals surface area contributed by atoms with Gasteiger partial charge in [0.1, 0.15) is 0 Å². The van der Waals surface area contributed by atoms with Crippen LogP contribution in [0, 0.1) is 5.92 Å². The van der Waals surface area contributed by atoms with E-state index in [9.17, 15) is 4.79 Å². The summed E-state index contributed by atoms with van der Waals surface area (Å²) in [6.07, 6.45) is 5.19. The molecular formula is C11H19NO. The molecule has 1 fully saturated rings. The van der Waals surface area contributed by atoms with Crippen molar-refractivity contribution in [3.05, 3.63) is 11.6 Å². The monoisotopic (exact) mass is 181 g/mol. The van der Waals surface area contributed by atoms with Gasteiger partial charge in [0.05, 0.1) is 0 Å². The van der Waals surface area contributed by atoms with Crippen molar-refractivity contribution in [3.63, 3.8) is 0 Å². The molecule has 0 aromatic heterocycles. The van der Waals surface area contributed by atoms with Gasteiger partial charge in [-0.1, -0.05) is 19.9 Å². The van der Waals surface area contributed by atoms with E-state index >= 15 is 0 Å². The van der Waals surface area contributed by atoms with Gasteiger partial charge in [-0.3, -0.25) is 4.79 Å². The zero-order valence-corrected chi connectivity index (χ0v) is 8.76. The maximum Gasteiger partial charge on any atom is 0.246 e. The topological polar surface area (TPSA) is 29.1 Å². The minimum absolute atomic E-state index is 0.110. The summed E-state index contributed by atoms with van der Waals surface area (Å²) in [7, 11) is 0. The van der Waals surface area contributed by atoms with Crippen molar-refractivity contribution < 1.29 is 4.79 Å². The van der Waals surface area contributed by atoms with Crippen LogP contribution in [0.15, 0.2) is 11.6 Å². The predicted molar refractivity (Wildman–Crippen MR) is 54.4 cm³/mol. The van der Waals surface area contributed by atoms with E-state index in [0.29, 0.717) is 6.04 Å². The predicted octanol–water partition coefficient (Wildman–Crippen LogP) is 2.26. The molecule has 1 rings (SSSR count). The lowest BCUT2D eigenvalue weighted by molar-refractivity contribution is -0.118. The van der Waals surface area contributed by atoms with Crippen molar-refractivity contribution in [1.29, 1.82) is 0 Å². The van der Waals surface area contributed by atoms with Gasteiger partial charge in [0.2, 0.25) is 5.91 Å². The lowest BCUT2D eigenvalue weighted by Crippen LogP contribution is -2.43. The minimum atomic E-state index is 0.110. The van der Waals surface area contributed by atoms with Crippen LogP contribution in [0.3, 0.4) is 0 Å². The molecule has 0 saturated heterocycles. The Labute approximate surface area is 80.4 Å². The molecule has 0 aliphatic heterocycles. The number of carbonyl (C=O) groups excluding carboxylic acids is 1. The Morgan fingerprint density at radius 3 is 2.62 bits per heavy atom. The number of hydrogen-bond acceptors (Lipinski definition) is 1. The van der Waals surface area contributed by atoms with E-state index in [2.05, 4.69) is 12.2 Å². The third-order valence-corrected chi connectivity index (χ3v) is 2.58. The lowest BCUT2D eigenvalue weighted by Gasteiger charge is -2.33. The molecule has 0 atom stereocenters. The number of hydrogen-bond donors (Lipinski definition) is 1. The zero-order valence-electron chi connectivity index (χ0n) is 8.76. The standard InChI is InChI=1S/C11H19NO/c1-4-5-9(3)11(13)12-10-6-8(2)7-10/h5,8,10H,4,6-7H2,1-3H3,(H,12,13)/b9-5-. The van der Waals surface area contributed by atoms with Crippen molar-refractivity contribution in [1.82, 2.24) is 5.32 Å². The summed E-state index contributed by atoms with van der Waals surface area (Å²) in [5, 5.41) is 3.02. The summed E-state index contributed by atoms with van der Waals surface area (Å²) in [4.78, 5) is 11.5. The molecule has 2 nitrogen and oxygen atoms in total. The summed E-state index contributed by atoms with van der Waals surface area (Å²) in [6, 6.07) is 0.433. The van der Waals surface area contributed by atoms with Crippen molar-refractivity contribution >= 4 is 5.91 Å². The third kappa shape index (κ3) is 2.87. The van der Waals surface area contributed by atoms with Crippen LogP contribution in [0.4, 0.5) is 0 Å². The second kappa shape index (κ2) is 4.45. The first-order chi connectivity index (χ1) is 6.13. The zero-order chi connectivity index (χ0) is 9.84. The van der Waals surface area contributed by atoms with Crippen LogP contribution in [0.2, 0.25) is 0 Å². The second-order valence-corrected chi connectivity index (χ2v) is 4.04. The van der Waals surface area contributed by atoms with Gasteiger partial charge in [-0.2, -0.15) is 0 Å². The molecule has 2 heteroatoms. The molecule has 1 saturated carbocycles. The first-order valence-electron chi connectivity index (χ1n) is 5.11. The maximum atomic E-state index is 11.5. The number of rotatable bonds is 3. The smallest absolute Gasteiger partial charge is 0.246 e. The summed E-state index contributed by atoms with van der Waals surface area (Å²) >= 11 is 0. The average molecular weight is 181 g/mol. The highest BCUT2D eigenvalue weighted by molar-refractivity contribution is 5.92. The Morgan fingerprint density at radius 1 is 1.54 bits per heavy atom. The molecule has 1 N–H and O–H groups in total. The number of amides is 1. The third-order valence-electron chi connectivity index (χ3n) is 2.58. The highest BCUT2D eigenvalue weighted by Crippen LogP contribution is 2.26. The molecule has 0 aromatic rings. The largest absolute Gasteiger partial charge is 0.350 e. The van der Waals surface area contributed by atoms with Gasteiger partial charge in [-0.25, -0.2) is 0 Å². The fourth-order valence-corrected chi connectivity index (χ4v) is 1.72. The second-order valence-electron chi connectivity index (χ2n) is 4.04. The van der Waals surface area contributed by atoms with E-state index in [1.807, 2.05) is 19.9 Å². The molecule has 1 aliphatic rings.